The molecule has 0 radical (unpaired) electrons. The Morgan fingerprint density at radius 3 is 2.86 bits per heavy atom. The minimum Gasteiger partial charge on any atom is -0.351 e. The molecule has 1 atom stereocenters. The molecule has 14 heavy (non-hydrogen) atoms. The lowest BCUT2D eigenvalue weighted by molar-refractivity contribution is -0.125. The molecule has 0 aromatic heterocycles. The number of rotatable bonds is 4. The molecule has 1 amide bonds. The Bertz CT molecular complexity index is 200. The maximum absolute atomic E-state index is 11.6. The zero-order valence-corrected chi connectivity index (χ0v) is 8.75. The van der Waals surface area contributed by atoms with Crippen molar-refractivity contribution in [2.45, 2.75) is 13.0 Å². The number of nitrogens with one attached hydrogen (secondary N) is 2. The Morgan fingerprint density at radius 2 is 2.29 bits per heavy atom. The molecule has 0 aliphatic carbocycles. The van der Waals surface area contributed by atoms with Gasteiger partial charge in [-0.3, -0.25) is 9.69 Å². The number of carbonyl (C=O) groups excluding carboxylic acids is 1. The van der Waals surface area contributed by atoms with Crippen LogP contribution in [0.4, 0.5) is 0 Å². The van der Waals surface area contributed by atoms with Crippen LogP contribution in [0.15, 0.2) is 12.7 Å². The first-order chi connectivity index (χ1) is 6.75. The second-order valence-electron chi connectivity index (χ2n) is 3.50. The maximum atomic E-state index is 11.6. The fourth-order valence-corrected chi connectivity index (χ4v) is 1.56. The van der Waals surface area contributed by atoms with Gasteiger partial charge in [-0.15, -0.1) is 6.58 Å². The summed E-state index contributed by atoms with van der Waals surface area (Å²) in [5, 5.41) is 6.07. The van der Waals surface area contributed by atoms with Gasteiger partial charge >= 0.3 is 0 Å². The minimum absolute atomic E-state index is 0.0305. The molecule has 1 aliphatic rings. The van der Waals surface area contributed by atoms with Gasteiger partial charge in [-0.05, 0) is 6.92 Å². The smallest absolute Gasteiger partial charge is 0.237 e. The van der Waals surface area contributed by atoms with Crippen molar-refractivity contribution in [2.24, 2.45) is 0 Å². The lowest BCUT2D eigenvalue weighted by Gasteiger charge is -2.31. The summed E-state index contributed by atoms with van der Waals surface area (Å²) >= 11 is 0. The van der Waals surface area contributed by atoms with E-state index in [1.807, 2.05) is 6.92 Å². The summed E-state index contributed by atoms with van der Waals surface area (Å²) in [6.07, 6.45) is 1.70. The van der Waals surface area contributed by atoms with Gasteiger partial charge in [0.25, 0.3) is 0 Å². The van der Waals surface area contributed by atoms with E-state index in [-0.39, 0.29) is 11.9 Å². The summed E-state index contributed by atoms with van der Waals surface area (Å²) in [6.45, 7) is 9.90. The summed E-state index contributed by atoms with van der Waals surface area (Å²) in [4.78, 5) is 13.8. The van der Waals surface area contributed by atoms with Crippen LogP contribution in [0.25, 0.3) is 0 Å². The molecule has 2 N–H and O–H groups in total. The van der Waals surface area contributed by atoms with E-state index in [1.165, 1.54) is 0 Å². The fraction of sp³-hybridized carbons (Fsp3) is 0.700. The number of hydrogen-bond donors (Lipinski definition) is 2. The molecule has 0 saturated carbocycles. The monoisotopic (exact) mass is 197 g/mol. The minimum atomic E-state index is -0.0305. The van der Waals surface area contributed by atoms with E-state index in [0.29, 0.717) is 6.54 Å². The lowest BCUT2D eigenvalue weighted by atomic mass is 10.2. The molecule has 0 aromatic rings. The first kappa shape index (κ1) is 11.2. The molecule has 0 aromatic carbocycles. The lowest BCUT2D eigenvalue weighted by Crippen LogP contribution is -2.52. The van der Waals surface area contributed by atoms with Crippen molar-refractivity contribution in [3.63, 3.8) is 0 Å². The molecule has 1 rings (SSSR count). The molecule has 1 saturated heterocycles. The normalized spacial score (nSPS) is 20.1. The number of piperazine rings is 1. The summed E-state index contributed by atoms with van der Waals surface area (Å²) < 4.78 is 0. The van der Waals surface area contributed by atoms with Crippen LogP contribution in [0, 0.1) is 0 Å². The van der Waals surface area contributed by atoms with Crippen molar-refractivity contribution in [3.05, 3.63) is 12.7 Å². The van der Waals surface area contributed by atoms with Gasteiger partial charge in [-0.1, -0.05) is 6.08 Å². The molecule has 80 valence electrons. The van der Waals surface area contributed by atoms with Crippen LogP contribution in [-0.2, 0) is 4.79 Å². The average Bonchev–Trinajstić information content (AvgIpc) is 2.26. The average molecular weight is 197 g/mol. The van der Waals surface area contributed by atoms with E-state index < -0.39 is 0 Å². The predicted octanol–water partition coefficient (Wildman–Crippen LogP) is -0.418. The van der Waals surface area contributed by atoms with E-state index in [1.54, 1.807) is 6.08 Å². The number of nitrogens with zero attached hydrogens (tertiary/aromatic N) is 1. The van der Waals surface area contributed by atoms with Crippen molar-refractivity contribution in [2.75, 3.05) is 32.7 Å². The fourth-order valence-electron chi connectivity index (χ4n) is 1.56. The third kappa shape index (κ3) is 3.12. The van der Waals surface area contributed by atoms with Gasteiger partial charge in [0, 0.05) is 32.7 Å². The van der Waals surface area contributed by atoms with Gasteiger partial charge in [-0.2, -0.15) is 0 Å². The zero-order chi connectivity index (χ0) is 10.4. The highest BCUT2D eigenvalue weighted by Crippen LogP contribution is 2.00. The molecular weight excluding hydrogens is 178 g/mol. The molecule has 4 heteroatoms. The molecule has 1 aliphatic heterocycles. The Morgan fingerprint density at radius 1 is 1.64 bits per heavy atom. The van der Waals surface area contributed by atoms with E-state index in [0.717, 1.165) is 26.2 Å². The molecule has 4 nitrogen and oxygen atoms in total. The van der Waals surface area contributed by atoms with Crippen molar-refractivity contribution in [1.82, 2.24) is 15.5 Å². The van der Waals surface area contributed by atoms with Crippen LogP contribution < -0.4 is 10.6 Å². The maximum Gasteiger partial charge on any atom is 0.237 e. The van der Waals surface area contributed by atoms with Crippen LogP contribution in [0.2, 0.25) is 0 Å². The molecule has 1 heterocycles. The number of amides is 1. The summed E-state index contributed by atoms with van der Waals surface area (Å²) in [5.74, 6) is 0.0896. The van der Waals surface area contributed by atoms with E-state index >= 15 is 0 Å². The highest BCUT2D eigenvalue weighted by atomic mass is 16.2. The zero-order valence-electron chi connectivity index (χ0n) is 8.75. The predicted molar refractivity (Wildman–Crippen MR) is 57.1 cm³/mol. The van der Waals surface area contributed by atoms with Gasteiger partial charge in [0.05, 0.1) is 6.04 Å². The van der Waals surface area contributed by atoms with Gasteiger partial charge < -0.3 is 10.6 Å². The summed E-state index contributed by atoms with van der Waals surface area (Å²) in [5.41, 5.74) is 0. The second kappa shape index (κ2) is 5.78. The van der Waals surface area contributed by atoms with Crippen LogP contribution in [-0.4, -0.2) is 49.6 Å². The van der Waals surface area contributed by atoms with E-state index in [9.17, 15) is 4.79 Å². The largest absolute Gasteiger partial charge is 0.351 e. The van der Waals surface area contributed by atoms with Gasteiger partial charge in [0.1, 0.15) is 0 Å². The van der Waals surface area contributed by atoms with Crippen molar-refractivity contribution < 1.29 is 4.79 Å². The van der Waals surface area contributed by atoms with Crippen molar-refractivity contribution in [1.29, 1.82) is 0 Å². The Balaban J connectivity index is 2.33. The third-order valence-electron chi connectivity index (χ3n) is 2.50. The first-order valence-electron chi connectivity index (χ1n) is 5.09. The van der Waals surface area contributed by atoms with Gasteiger partial charge in [0.2, 0.25) is 5.91 Å². The van der Waals surface area contributed by atoms with Crippen LogP contribution >= 0.6 is 0 Å². The van der Waals surface area contributed by atoms with Gasteiger partial charge in [-0.25, -0.2) is 0 Å². The van der Waals surface area contributed by atoms with Crippen molar-refractivity contribution in [3.8, 4) is 0 Å². The summed E-state index contributed by atoms with van der Waals surface area (Å²) in [6, 6.07) is -0.0305. The van der Waals surface area contributed by atoms with Crippen LogP contribution in [0.1, 0.15) is 6.92 Å². The highest BCUT2D eigenvalue weighted by molar-refractivity contribution is 5.81. The van der Waals surface area contributed by atoms with Crippen LogP contribution in [0.5, 0.6) is 0 Å². The molecule has 1 fully saturated rings. The van der Waals surface area contributed by atoms with Gasteiger partial charge in [0.15, 0.2) is 0 Å². The Kier molecular flexibility index (Phi) is 4.62. The van der Waals surface area contributed by atoms with E-state index in [2.05, 4.69) is 22.1 Å². The topological polar surface area (TPSA) is 44.4 Å². The molecular formula is C10H19N3O. The molecule has 0 spiro atoms. The Labute approximate surface area is 85.3 Å². The summed E-state index contributed by atoms with van der Waals surface area (Å²) in [7, 11) is 0. The number of hydrogen-bond acceptors (Lipinski definition) is 3. The first-order valence-corrected chi connectivity index (χ1v) is 5.09. The third-order valence-corrected chi connectivity index (χ3v) is 2.50. The van der Waals surface area contributed by atoms with Crippen molar-refractivity contribution >= 4 is 5.91 Å². The standard InChI is InChI=1S/C10H19N3O/c1-3-4-12-10(14)9(2)13-7-5-11-6-8-13/h3,9,11H,1,4-8H2,2H3,(H,12,14). The van der Waals surface area contributed by atoms with Crippen LogP contribution in [0.3, 0.4) is 0 Å². The highest BCUT2D eigenvalue weighted by Gasteiger charge is 2.21. The second-order valence-corrected chi connectivity index (χ2v) is 3.50. The molecule has 0 bridgehead atoms. The SMILES string of the molecule is C=CCNC(=O)C(C)N1CCNCC1. The quantitative estimate of drug-likeness (QED) is 0.602. The number of carbonyl (C=O) groups is 1. The van der Waals surface area contributed by atoms with E-state index in [4.69, 9.17) is 0 Å². The Hall–Kier alpha value is -0.870. The molecule has 1 unspecified atom stereocenters.